The Bertz CT molecular complexity index is 455. The molecule has 1 amide bonds. The van der Waals surface area contributed by atoms with Gasteiger partial charge in [0.15, 0.2) is 0 Å². The topological polar surface area (TPSA) is 55.6 Å². The molecule has 0 atom stereocenters. The first-order valence-corrected chi connectivity index (χ1v) is 6.83. The first-order chi connectivity index (χ1) is 9.17. The molecule has 19 heavy (non-hydrogen) atoms. The van der Waals surface area contributed by atoms with Crippen LogP contribution in [-0.2, 0) is 0 Å². The second-order valence-corrected chi connectivity index (χ2v) is 5.08. The van der Waals surface area contributed by atoms with E-state index in [1.54, 1.807) is 7.11 Å². The van der Waals surface area contributed by atoms with E-state index in [1.165, 1.54) is 6.42 Å². The van der Waals surface area contributed by atoms with Crippen LogP contribution in [0.2, 0.25) is 0 Å². The largest absolute Gasteiger partial charge is 0.496 e. The summed E-state index contributed by atoms with van der Waals surface area (Å²) in [5, 5.41) is 0. The third-order valence-electron chi connectivity index (χ3n) is 3.73. The molecule has 0 radical (unpaired) electrons. The first-order valence-electron chi connectivity index (χ1n) is 6.83. The van der Waals surface area contributed by atoms with E-state index in [4.69, 9.17) is 10.5 Å². The number of hydrogen-bond donors (Lipinski definition) is 1. The van der Waals surface area contributed by atoms with E-state index in [2.05, 4.69) is 0 Å². The van der Waals surface area contributed by atoms with E-state index in [9.17, 15) is 4.79 Å². The summed E-state index contributed by atoms with van der Waals surface area (Å²) in [5.41, 5.74) is 7.34. The molecule has 1 aliphatic rings. The summed E-state index contributed by atoms with van der Waals surface area (Å²) in [4.78, 5) is 14.6. The molecular formula is C15H22N2O2. The highest BCUT2D eigenvalue weighted by molar-refractivity contribution is 5.97. The highest BCUT2D eigenvalue weighted by Crippen LogP contribution is 2.28. The zero-order valence-electron chi connectivity index (χ0n) is 11.7. The number of methoxy groups -OCH3 is 1. The summed E-state index contributed by atoms with van der Waals surface area (Å²) >= 11 is 0. The van der Waals surface area contributed by atoms with Gasteiger partial charge in [-0.05, 0) is 38.3 Å². The van der Waals surface area contributed by atoms with Gasteiger partial charge in [-0.3, -0.25) is 4.79 Å². The van der Waals surface area contributed by atoms with Crippen molar-refractivity contribution < 1.29 is 9.53 Å². The zero-order valence-corrected chi connectivity index (χ0v) is 11.7. The van der Waals surface area contributed by atoms with Crippen LogP contribution >= 0.6 is 0 Å². The van der Waals surface area contributed by atoms with Gasteiger partial charge in [0.1, 0.15) is 5.75 Å². The van der Waals surface area contributed by atoms with Crippen molar-refractivity contribution in [1.29, 1.82) is 0 Å². The van der Waals surface area contributed by atoms with E-state index in [0.29, 0.717) is 30.4 Å². The van der Waals surface area contributed by atoms with E-state index >= 15 is 0 Å². The van der Waals surface area contributed by atoms with Gasteiger partial charge in [0.2, 0.25) is 0 Å². The Morgan fingerprint density at radius 3 is 2.74 bits per heavy atom. The van der Waals surface area contributed by atoms with E-state index in [-0.39, 0.29) is 5.91 Å². The molecule has 0 bridgehead atoms. The molecule has 4 nitrogen and oxygen atoms in total. The maximum atomic E-state index is 12.7. The zero-order chi connectivity index (χ0) is 13.8. The molecule has 4 heteroatoms. The molecule has 0 heterocycles. The maximum Gasteiger partial charge on any atom is 0.257 e. The molecule has 1 aromatic rings. The van der Waals surface area contributed by atoms with Crippen molar-refractivity contribution in [1.82, 2.24) is 4.90 Å². The smallest absolute Gasteiger partial charge is 0.257 e. The highest BCUT2D eigenvalue weighted by Gasteiger charge is 2.30. The predicted octanol–water partition coefficient (Wildman–Crippen LogP) is 1.96. The molecule has 0 aromatic heterocycles. The summed E-state index contributed by atoms with van der Waals surface area (Å²) in [6.45, 7) is 3.09. The average Bonchev–Trinajstić information content (AvgIpc) is 2.35. The lowest BCUT2D eigenvalue weighted by Crippen LogP contribution is -2.46. The Hall–Kier alpha value is -1.55. The second kappa shape index (κ2) is 6.06. The van der Waals surface area contributed by atoms with E-state index in [1.807, 2.05) is 30.0 Å². The number of aryl methyl sites for hydroxylation is 1. The van der Waals surface area contributed by atoms with Crippen LogP contribution in [0.25, 0.3) is 0 Å². The van der Waals surface area contributed by atoms with Crippen molar-refractivity contribution in [2.45, 2.75) is 32.2 Å². The molecule has 0 unspecified atom stereocenters. The highest BCUT2D eigenvalue weighted by atomic mass is 16.5. The van der Waals surface area contributed by atoms with Gasteiger partial charge in [-0.2, -0.15) is 0 Å². The lowest BCUT2D eigenvalue weighted by atomic mass is 9.90. The molecule has 2 rings (SSSR count). The van der Waals surface area contributed by atoms with Gasteiger partial charge < -0.3 is 15.4 Å². The standard InChI is InChI=1S/C15H22N2O2/c1-11-6-7-14(19-2)13(10-11)15(18)17(9-8-16)12-4-3-5-12/h6-7,10,12H,3-5,8-9,16H2,1-2H3. The van der Waals surface area contributed by atoms with Gasteiger partial charge in [-0.15, -0.1) is 0 Å². The monoisotopic (exact) mass is 262 g/mol. The van der Waals surface area contributed by atoms with Crippen LogP contribution in [0.1, 0.15) is 35.2 Å². The van der Waals surface area contributed by atoms with E-state index < -0.39 is 0 Å². The molecule has 1 saturated carbocycles. The van der Waals surface area contributed by atoms with Gasteiger partial charge >= 0.3 is 0 Å². The minimum Gasteiger partial charge on any atom is -0.496 e. The van der Waals surface area contributed by atoms with Crippen molar-refractivity contribution in [2.24, 2.45) is 5.73 Å². The van der Waals surface area contributed by atoms with Crippen LogP contribution in [0.4, 0.5) is 0 Å². The number of nitrogens with two attached hydrogens (primary N) is 1. The van der Waals surface area contributed by atoms with Gasteiger partial charge in [-0.25, -0.2) is 0 Å². The van der Waals surface area contributed by atoms with Crippen LogP contribution in [0.3, 0.4) is 0 Å². The van der Waals surface area contributed by atoms with E-state index in [0.717, 1.165) is 18.4 Å². The van der Waals surface area contributed by atoms with Crippen molar-refractivity contribution in [3.05, 3.63) is 29.3 Å². The fourth-order valence-corrected chi connectivity index (χ4v) is 2.43. The molecule has 0 saturated heterocycles. The van der Waals surface area contributed by atoms with Crippen molar-refractivity contribution >= 4 is 5.91 Å². The quantitative estimate of drug-likeness (QED) is 0.882. The maximum absolute atomic E-state index is 12.7. The minimum absolute atomic E-state index is 0.0377. The molecule has 1 fully saturated rings. The third kappa shape index (κ3) is 2.89. The number of benzene rings is 1. The minimum atomic E-state index is 0.0377. The molecular weight excluding hydrogens is 240 g/mol. The van der Waals surface area contributed by atoms with Crippen LogP contribution in [0.15, 0.2) is 18.2 Å². The number of carbonyl (C=O) groups is 1. The van der Waals surface area contributed by atoms with Gasteiger partial charge in [-0.1, -0.05) is 11.6 Å². The Kier molecular flexibility index (Phi) is 4.43. The molecule has 0 aliphatic heterocycles. The lowest BCUT2D eigenvalue weighted by Gasteiger charge is -2.37. The summed E-state index contributed by atoms with van der Waals surface area (Å²) in [5.74, 6) is 0.674. The van der Waals surface area contributed by atoms with Crippen LogP contribution in [-0.4, -0.2) is 37.0 Å². The number of amides is 1. The molecule has 0 spiro atoms. The summed E-state index contributed by atoms with van der Waals surface area (Å²) in [6, 6.07) is 6.04. The van der Waals surface area contributed by atoms with Gasteiger partial charge in [0.05, 0.1) is 12.7 Å². The molecule has 1 aromatic carbocycles. The Balaban J connectivity index is 2.27. The van der Waals surface area contributed by atoms with Crippen molar-refractivity contribution in [3.8, 4) is 5.75 Å². The number of nitrogens with zero attached hydrogens (tertiary/aromatic N) is 1. The Morgan fingerprint density at radius 1 is 1.47 bits per heavy atom. The predicted molar refractivity (Wildman–Crippen MR) is 75.5 cm³/mol. The van der Waals surface area contributed by atoms with Crippen molar-refractivity contribution in [3.63, 3.8) is 0 Å². The Labute approximate surface area is 114 Å². The summed E-state index contributed by atoms with van der Waals surface area (Å²) in [7, 11) is 1.60. The average molecular weight is 262 g/mol. The number of ether oxygens (including phenoxy) is 1. The normalized spacial score (nSPS) is 14.9. The lowest BCUT2D eigenvalue weighted by molar-refractivity contribution is 0.0585. The van der Waals surface area contributed by atoms with Crippen molar-refractivity contribution in [2.75, 3.05) is 20.2 Å². The van der Waals surface area contributed by atoms with Gasteiger partial charge in [0.25, 0.3) is 5.91 Å². The summed E-state index contributed by atoms with van der Waals surface area (Å²) < 4.78 is 5.30. The van der Waals surface area contributed by atoms with Crippen LogP contribution in [0, 0.1) is 6.92 Å². The van der Waals surface area contributed by atoms with Crippen LogP contribution in [0.5, 0.6) is 5.75 Å². The number of carbonyl (C=O) groups excluding carboxylic acids is 1. The number of hydrogen-bond acceptors (Lipinski definition) is 3. The third-order valence-corrected chi connectivity index (χ3v) is 3.73. The fourth-order valence-electron chi connectivity index (χ4n) is 2.43. The Morgan fingerprint density at radius 2 is 2.21 bits per heavy atom. The fraction of sp³-hybridized carbons (Fsp3) is 0.533. The molecule has 1 aliphatic carbocycles. The first kappa shape index (κ1) is 13.9. The molecule has 2 N–H and O–H groups in total. The number of rotatable bonds is 5. The van der Waals surface area contributed by atoms with Gasteiger partial charge in [0, 0.05) is 19.1 Å². The summed E-state index contributed by atoms with van der Waals surface area (Å²) in [6.07, 6.45) is 3.36. The SMILES string of the molecule is COc1ccc(C)cc1C(=O)N(CCN)C1CCC1. The van der Waals surface area contributed by atoms with Crippen LogP contribution < -0.4 is 10.5 Å². The molecule has 104 valence electrons. The second-order valence-electron chi connectivity index (χ2n) is 5.08.